The van der Waals surface area contributed by atoms with Crippen molar-refractivity contribution in [1.29, 1.82) is 0 Å². The van der Waals surface area contributed by atoms with E-state index in [2.05, 4.69) is 19.9 Å². The van der Waals surface area contributed by atoms with Gasteiger partial charge in [0.25, 0.3) is 0 Å². The minimum atomic E-state index is -0.523. The maximum atomic E-state index is 13.5. The lowest BCUT2D eigenvalue weighted by molar-refractivity contribution is -0.176. The van der Waals surface area contributed by atoms with Crippen molar-refractivity contribution in [2.75, 3.05) is 0 Å². The minimum Gasteiger partial charge on any atom is -0.460 e. The van der Waals surface area contributed by atoms with Crippen molar-refractivity contribution in [3.63, 3.8) is 0 Å². The second-order valence-electron chi connectivity index (χ2n) is 10.8. The lowest BCUT2D eigenvalue weighted by atomic mass is 9.44. The number of benzene rings is 1. The van der Waals surface area contributed by atoms with Gasteiger partial charge in [-0.2, -0.15) is 0 Å². The molecule has 3 fully saturated rings. The molecule has 1 spiro atoms. The van der Waals surface area contributed by atoms with E-state index in [1.165, 1.54) is 0 Å². The van der Waals surface area contributed by atoms with Crippen LogP contribution in [-0.4, -0.2) is 23.6 Å². The van der Waals surface area contributed by atoms with Gasteiger partial charge in [-0.1, -0.05) is 43.7 Å². The third-order valence-electron chi connectivity index (χ3n) is 9.20. The molecule has 6 rings (SSSR count). The number of esters is 2. The Hall–Kier alpha value is -2.40. The van der Waals surface area contributed by atoms with E-state index in [-0.39, 0.29) is 40.9 Å². The van der Waals surface area contributed by atoms with E-state index in [1.807, 2.05) is 37.3 Å². The highest BCUT2D eigenvalue weighted by Crippen LogP contribution is 2.71. The van der Waals surface area contributed by atoms with Crippen molar-refractivity contribution in [2.24, 2.45) is 22.7 Å². The number of carbonyl (C=O) groups is 2. The summed E-state index contributed by atoms with van der Waals surface area (Å²) >= 11 is 0. The quantitative estimate of drug-likeness (QED) is 0.502. The lowest BCUT2D eigenvalue weighted by Crippen LogP contribution is -2.58. The summed E-state index contributed by atoms with van der Waals surface area (Å²) in [6, 6.07) is 9.87. The predicted octanol–water partition coefficient (Wildman–Crippen LogP) is 4.86. The van der Waals surface area contributed by atoms with E-state index in [1.54, 1.807) is 0 Å². The van der Waals surface area contributed by atoms with E-state index in [0.29, 0.717) is 17.9 Å². The Bertz CT molecular complexity index is 1070. The Morgan fingerprint density at radius 3 is 2.72 bits per heavy atom. The van der Waals surface area contributed by atoms with Gasteiger partial charge in [-0.3, -0.25) is 4.79 Å². The molecule has 0 aromatic heterocycles. The topological polar surface area (TPSA) is 65.1 Å². The first-order chi connectivity index (χ1) is 15.3. The molecule has 5 nitrogen and oxygen atoms in total. The molecular weight excluding hydrogens is 404 g/mol. The lowest BCUT2D eigenvalue weighted by Gasteiger charge is -2.58. The minimum absolute atomic E-state index is 0.0464. The van der Waals surface area contributed by atoms with Gasteiger partial charge in [-0.15, -0.1) is 0 Å². The van der Waals surface area contributed by atoms with E-state index in [9.17, 15) is 9.59 Å². The van der Waals surface area contributed by atoms with Crippen molar-refractivity contribution in [1.82, 2.24) is 0 Å². The molecule has 0 unspecified atom stereocenters. The van der Waals surface area contributed by atoms with E-state index in [4.69, 9.17) is 14.2 Å². The van der Waals surface area contributed by atoms with Gasteiger partial charge >= 0.3 is 11.9 Å². The summed E-state index contributed by atoms with van der Waals surface area (Å²) in [6.45, 7) is 6.57. The van der Waals surface area contributed by atoms with Crippen molar-refractivity contribution in [3.8, 4) is 0 Å². The fraction of sp³-hybridized carbons (Fsp3) is 0.556. The molecule has 0 radical (unpaired) electrons. The van der Waals surface area contributed by atoms with Crippen molar-refractivity contribution < 1.29 is 23.8 Å². The molecule has 2 heterocycles. The average Bonchev–Trinajstić information content (AvgIpc) is 3.43. The van der Waals surface area contributed by atoms with Crippen LogP contribution in [0.25, 0.3) is 0 Å². The Labute approximate surface area is 188 Å². The highest BCUT2D eigenvalue weighted by atomic mass is 16.6. The molecule has 5 heteroatoms. The molecule has 0 bridgehead atoms. The van der Waals surface area contributed by atoms with Crippen LogP contribution in [0.1, 0.15) is 58.4 Å². The molecular formula is C27H30O5. The predicted molar refractivity (Wildman–Crippen MR) is 117 cm³/mol. The number of hydrogen-bond donors (Lipinski definition) is 0. The van der Waals surface area contributed by atoms with Gasteiger partial charge < -0.3 is 14.2 Å². The third kappa shape index (κ3) is 2.54. The normalized spacial score (nSPS) is 41.5. The summed E-state index contributed by atoms with van der Waals surface area (Å²) in [4.78, 5) is 25.7. The highest BCUT2D eigenvalue weighted by molar-refractivity contribution is 5.95. The fourth-order valence-corrected chi connectivity index (χ4v) is 7.52. The molecule has 2 aliphatic heterocycles. The van der Waals surface area contributed by atoms with Crippen molar-refractivity contribution >= 4 is 11.9 Å². The Kier molecular flexibility index (Phi) is 4.15. The SMILES string of the molecule is CC1=C2C(=C[C@H]3[C@]4(C)CCC[C@@](C)(C(=O)OCc5ccccc5)[C@H]4CC[C@]34O[C@H]24)OC1=O. The van der Waals surface area contributed by atoms with Gasteiger partial charge in [0, 0.05) is 17.1 Å². The van der Waals surface area contributed by atoms with Crippen LogP contribution in [0.2, 0.25) is 0 Å². The van der Waals surface area contributed by atoms with Gasteiger partial charge in [0.2, 0.25) is 0 Å². The van der Waals surface area contributed by atoms with Gasteiger partial charge in [0.1, 0.15) is 24.1 Å². The molecule has 5 aliphatic rings. The van der Waals surface area contributed by atoms with E-state index < -0.39 is 5.41 Å². The van der Waals surface area contributed by atoms with Crippen LogP contribution in [0.3, 0.4) is 0 Å². The van der Waals surface area contributed by atoms with Crippen molar-refractivity contribution in [2.45, 2.75) is 71.2 Å². The Morgan fingerprint density at radius 2 is 1.94 bits per heavy atom. The van der Waals surface area contributed by atoms with Gasteiger partial charge in [0.05, 0.1) is 5.41 Å². The van der Waals surface area contributed by atoms with Crippen LogP contribution >= 0.6 is 0 Å². The monoisotopic (exact) mass is 434 g/mol. The second-order valence-corrected chi connectivity index (χ2v) is 10.8. The summed E-state index contributed by atoms with van der Waals surface area (Å²) in [5.74, 6) is 0.686. The van der Waals surface area contributed by atoms with Crippen LogP contribution in [0.15, 0.2) is 53.3 Å². The maximum Gasteiger partial charge on any atom is 0.339 e. The number of rotatable bonds is 3. The zero-order valence-electron chi connectivity index (χ0n) is 19.0. The largest absolute Gasteiger partial charge is 0.460 e. The van der Waals surface area contributed by atoms with Crippen LogP contribution in [0, 0.1) is 22.7 Å². The van der Waals surface area contributed by atoms with Gasteiger partial charge in [0.15, 0.2) is 0 Å². The van der Waals surface area contributed by atoms with Crippen molar-refractivity contribution in [3.05, 3.63) is 58.9 Å². The summed E-state index contributed by atoms with van der Waals surface area (Å²) in [5, 5.41) is 0. The first-order valence-electron chi connectivity index (χ1n) is 11.8. The molecule has 3 aliphatic carbocycles. The first-order valence-corrected chi connectivity index (χ1v) is 11.8. The van der Waals surface area contributed by atoms with Crippen LogP contribution in [0.5, 0.6) is 0 Å². The molecule has 2 saturated carbocycles. The zero-order valence-corrected chi connectivity index (χ0v) is 19.0. The second kappa shape index (κ2) is 6.57. The fourth-order valence-electron chi connectivity index (χ4n) is 7.52. The first kappa shape index (κ1) is 20.2. The zero-order chi connectivity index (χ0) is 22.3. The van der Waals surface area contributed by atoms with Crippen LogP contribution < -0.4 is 0 Å². The number of hydrogen-bond acceptors (Lipinski definition) is 5. The molecule has 32 heavy (non-hydrogen) atoms. The molecule has 1 saturated heterocycles. The number of ether oxygens (including phenoxy) is 3. The molecule has 1 aromatic carbocycles. The molecule has 0 amide bonds. The smallest absolute Gasteiger partial charge is 0.339 e. The maximum absolute atomic E-state index is 13.5. The van der Waals surface area contributed by atoms with Crippen LogP contribution in [0.4, 0.5) is 0 Å². The summed E-state index contributed by atoms with van der Waals surface area (Å²) < 4.78 is 17.9. The molecule has 168 valence electrons. The summed E-state index contributed by atoms with van der Waals surface area (Å²) in [7, 11) is 0. The summed E-state index contributed by atoms with van der Waals surface area (Å²) in [5.41, 5.74) is 1.77. The molecule has 0 N–H and O–H groups in total. The van der Waals surface area contributed by atoms with Gasteiger partial charge in [-0.05, 0) is 62.5 Å². The van der Waals surface area contributed by atoms with Gasteiger partial charge in [-0.25, -0.2) is 4.79 Å². The van der Waals surface area contributed by atoms with E-state index >= 15 is 0 Å². The van der Waals surface area contributed by atoms with Crippen LogP contribution in [-0.2, 0) is 30.4 Å². The number of fused-ring (bicyclic) bond motifs is 4. The molecule has 1 aromatic rings. The third-order valence-corrected chi connectivity index (χ3v) is 9.20. The average molecular weight is 435 g/mol. The van der Waals surface area contributed by atoms with E-state index in [0.717, 1.165) is 43.2 Å². The number of carbonyl (C=O) groups excluding carboxylic acids is 2. The summed E-state index contributed by atoms with van der Waals surface area (Å²) in [6.07, 6.45) is 6.81. The Balaban J connectivity index is 1.31. The number of epoxide rings is 1. The highest BCUT2D eigenvalue weighted by Gasteiger charge is 2.74. The Morgan fingerprint density at radius 1 is 1.16 bits per heavy atom. The standard InChI is InChI=1S/C27H30O5/c1-16-21-18(31-23(16)28)14-20-25(2)11-7-12-26(3,19(25)10-13-27(20)22(21)32-27)24(29)30-15-17-8-5-4-6-9-17/h4-6,8-9,14,19-20,22H,7,10-13,15H2,1-3H3/t19-,20-,22+,25+,26+,27-/m0/s1. The molecule has 6 atom stereocenters.